The Morgan fingerprint density at radius 1 is 1.37 bits per heavy atom. The molecule has 2 rings (SSSR count). The second kappa shape index (κ2) is 7.02. The lowest BCUT2D eigenvalue weighted by Gasteiger charge is -2.07. The fourth-order valence-corrected chi connectivity index (χ4v) is 2.99. The van der Waals surface area contributed by atoms with Crippen molar-refractivity contribution in [2.24, 2.45) is 0 Å². The van der Waals surface area contributed by atoms with Crippen molar-refractivity contribution >= 4 is 45.5 Å². The van der Waals surface area contributed by atoms with Gasteiger partial charge in [0.15, 0.2) is 0 Å². The molecule has 0 atom stereocenters. The average Bonchev–Trinajstić information content (AvgIpc) is 2.83. The monoisotopic (exact) mass is 386 g/mol. The van der Waals surface area contributed by atoms with Gasteiger partial charge in [-0.1, -0.05) is 19.1 Å². The van der Waals surface area contributed by atoms with Crippen molar-refractivity contribution in [3.63, 3.8) is 0 Å². The maximum Gasteiger partial charge on any atom is 0.256 e. The van der Waals surface area contributed by atoms with Gasteiger partial charge in [0.1, 0.15) is 0 Å². The lowest BCUT2D eigenvalue weighted by Crippen LogP contribution is -2.13. The summed E-state index contributed by atoms with van der Waals surface area (Å²) >= 11 is 3.79. The van der Waals surface area contributed by atoms with E-state index in [1.54, 1.807) is 11.3 Å². The molecule has 1 aromatic heterocycles. The largest absolute Gasteiger partial charge is 0.322 e. The quantitative estimate of drug-likeness (QED) is 0.770. The smallest absolute Gasteiger partial charge is 0.256 e. The summed E-state index contributed by atoms with van der Waals surface area (Å²) in [5.74, 6) is -0.0558. The molecule has 0 unspecified atom stereocenters. The van der Waals surface area contributed by atoms with Gasteiger partial charge in [-0.15, -0.1) is 11.3 Å². The van der Waals surface area contributed by atoms with Gasteiger partial charge in [0.25, 0.3) is 5.91 Å². The summed E-state index contributed by atoms with van der Waals surface area (Å²) in [6, 6.07) is 9.80. The van der Waals surface area contributed by atoms with Gasteiger partial charge in [-0.2, -0.15) is 0 Å². The standard InChI is InChI=1S/C14H15IN2OS/c1-2-16-8-10-4-3-5-12(6-10)17-14(18)11-7-13(15)19-9-11/h3-7,9,16H,2,8H2,1H3,(H,17,18). The van der Waals surface area contributed by atoms with E-state index in [-0.39, 0.29) is 5.91 Å². The normalized spacial score (nSPS) is 10.4. The van der Waals surface area contributed by atoms with Crippen LogP contribution >= 0.6 is 33.9 Å². The number of benzene rings is 1. The third kappa shape index (κ3) is 4.29. The summed E-state index contributed by atoms with van der Waals surface area (Å²) < 4.78 is 1.11. The molecule has 2 aromatic rings. The van der Waals surface area contributed by atoms with Crippen LogP contribution in [0, 0.1) is 2.88 Å². The van der Waals surface area contributed by atoms with Gasteiger partial charge < -0.3 is 10.6 Å². The van der Waals surface area contributed by atoms with Gasteiger partial charge in [-0.3, -0.25) is 4.79 Å². The lowest BCUT2D eigenvalue weighted by molar-refractivity contribution is 0.102. The van der Waals surface area contributed by atoms with E-state index in [2.05, 4.69) is 40.1 Å². The van der Waals surface area contributed by atoms with E-state index in [9.17, 15) is 4.79 Å². The molecule has 2 N–H and O–H groups in total. The van der Waals surface area contributed by atoms with E-state index in [1.165, 1.54) is 5.56 Å². The van der Waals surface area contributed by atoms with E-state index in [0.29, 0.717) is 5.56 Å². The van der Waals surface area contributed by atoms with Crippen LogP contribution in [0.3, 0.4) is 0 Å². The Balaban J connectivity index is 2.04. The zero-order chi connectivity index (χ0) is 13.7. The molecule has 1 heterocycles. The number of hydrogen-bond acceptors (Lipinski definition) is 3. The van der Waals surface area contributed by atoms with Crippen LogP contribution in [0.5, 0.6) is 0 Å². The molecular weight excluding hydrogens is 371 g/mol. The minimum Gasteiger partial charge on any atom is -0.322 e. The molecular formula is C14H15IN2OS. The first-order chi connectivity index (χ1) is 9.19. The Morgan fingerprint density at radius 2 is 2.21 bits per heavy atom. The highest BCUT2D eigenvalue weighted by molar-refractivity contribution is 14.1. The van der Waals surface area contributed by atoms with E-state index in [1.807, 2.05) is 35.7 Å². The van der Waals surface area contributed by atoms with E-state index in [0.717, 1.165) is 21.7 Å². The number of rotatable bonds is 5. The van der Waals surface area contributed by atoms with Crippen molar-refractivity contribution in [2.45, 2.75) is 13.5 Å². The van der Waals surface area contributed by atoms with Crippen molar-refractivity contribution in [2.75, 3.05) is 11.9 Å². The van der Waals surface area contributed by atoms with E-state index >= 15 is 0 Å². The first kappa shape index (κ1) is 14.5. The fourth-order valence-electron chi connectivity index (χ4n) is 1.66. The van der Waals surface area contributed by atoms with Gasteiger partial charge in [-0.05, 0) is 52.9 Å². The van der Waals surface area contributed by atoms with Crippen molar-refractivity contribution in [1.82, 2.24) is 5.32 Å². The third-order valence-corrected chi connectivity index (χ3v) is 4.38. The molecule has 3 nitrogen and oxygen atoms in total. The van der Waals surface area contributed by atoms with Crippen molar-refractivity contribution in [3.8, 4) is 0 Å². The molecule has 0 fully saturated rings. The highest BCUT2D eigenvalue weighted by Gasteiger charge is 2.08. The van der Waals surface area contributed by atoms with Gasteiger partial charge in [0.2, 0.25) is 0 Å². The van der Waals surface area contributed by atoms with Crippen LogP contribution in [0.15, 0.2) is 35.7 Å². The van der Waals surface area contributed by atoms with Crippen LogP contribution < -0.4 is 10.6 Å². The number of halogens is 1. The number of hydrogen-bond donors (Lipinski definition) is 2. The van der Waals surface area contributed by atoms with Crippen LogP contribution in [0.1, 0.15) is 22.8 Å². The molecule has 19 heavy (non-hydrogen) atoms. The molecule has 0 radical (unpaired) electrons. The minimum atomic E-state index is -0.0558. The Morgan fingerprint density at radius 3 is 2.89 bits per heavy atom. The molecule has 0 bridgehead atoms. The first-order valence-electron chi connectivity index (χ1n) is 6.04. The minimum absolute atomic E-state index is 0.0558. The molecule has 0 aliphatic carbocycles. The summed E-state index contributed by atoms with van der Waals surface area (Å²) in [6.07, 6.45) is 0. The fraction of sp³-hybridized carbons (Fsp3) is 0.214. The Kier molecular flexibility index (Phi) is 5.35. The highest BCUT2D eigenvalue weighted by atomic mass is 127. The third-order valence-electron chi connectivity index (χ3n) is 2.59. The van der Waals surface area contributed by atoms with Crippen LogP contribution in [0.4, 0.5) is 5.69 Å². The van der Waals surface area contributed by atoms with Crippen LogP contribution in [0.2, 0.25) is 0 Å². The second-order valence-electron chi connectivity index (χ2n) is 4.07. The zero-order valence-corrected chi connectivity index (χ0v) is 13.5. The topological polar surface area (TPSA) is 41.1 Å². The SMILES string of the molecule is CCNCc1cccc(NC(=O)c2csc(I)c2)c1. The summed E-state index contributed by atoms with van der Waals surface area (Å²) in [7, 11) is 0. The first-order valence-corrected chi connectivity index (χ1v) is 8.00. The summed E-state index contributed by atoms with van der Waals surface area (Å²) in [5.41, 5.74) is 2.72. The Bertz CT molecular complexity index is 568. The number of anilines is 1. The molecule has 5 heteroatoms. The summed E-state index contributed by atoms with van der Waals surface area (Å²) in [5, 5.41) is 8.07. The zero-order valence-electron chi connectivity index (χ0n) is 10.6. The highest BCUT2D eigenvalue weighted by Crippen LogP contribution is 2.18. The number of nitrogens with one attached hydrogen (secondary N) is 2. The number of carbonyl (C=O) groups is 1. The molecule has 100 valence electrons. The van der Waals surface area contributed by atoms with E-state index in [4.69, 9.17) is 0 Å². The molecule has 0 aliphatic heterocycles. The lowest BCUT2D eigenvalue weighted by atomic mass is 10.2. The number of thiophene rings is 1. The van der Waals surface area contributed by atoms with Crippen molar-refractivity contribution in [3.05, 3.63) is 49.7 Å². The van der Waals surface area contributed by atoms with Crippen LogP contribution in [-0.4, -0.2) is 12.5 Å². The van der Waals surface area contributed by atoms with E-state index < -0.39 is 0 Å². The molecule has 1 amide bonds. The molecule has 0 spiro atoms. The second-order valence-corrected chi connectivity index (χ2v) is 6.88. The van der Waals surface area contributed by atoms with Gasteiger partial charge >= 0.3 is 0 Å². The van der Waals surface area contributed by atoms with Crippen LogP contribution in [-0.2, 0) is 6.54 Å². The molecule has 0 saturated carbocycles. The molecule has 0 aliphatic rings. The van der Waals surface area contributed by atoms with Gasteiger partial charge in [0.05, 0.1) is 8.45 Å². The van der Waals surface area contributed by atoms with Gasteiger partial charge in [0, 0.05) is 17.6 Å². The maximum absolute atomic E-state index is 12.0. The average molecular weight is 386 g/mol. The molecule has 0 saturated heterocycles. The Labute approximate surface area is 130 Å². The Hall–Kier alpha value is -0.920. The summed E-state index contributed by atoms with van der Waals surface area (Å²) in [6.45, 7) is 3.82. The molecule has 1 aromatic carbocycles. The number of amides is 1. The predicted octanol–water partition coefficient (Wildman–Crippen LogP) is 3.71. The summed E-state index contributed by atoms with van der Waals surface area (Å²) in [4.78, 5) is 12.0. The van der Waals surface area contributed by atoms with Crippen molar-refractivity contribution in [1.29, 1.82) is 0 Å². The van der Waals surface area contributed by atoms with Crippen molar-refractivity contribution < 1.29 is 4.79 Å². The van der Waals surface area contributed by atoms with Crippen LogP contribution in [0.25, 0.3) is 0 Å². The van der Waals surface area contributed by atoms with Gasteiger partial charge in [-0.25, -0.2) is 0 Å². The maximum atomic E-state index is 12.0. The predicted molar refractivity (Wildman–Crippen MR) is 88.8 cm³/mol. The number of carbonyl (C=O) groups excluding carboxylic acids is 1.